The number of amides is 1. The van der Waals surface area contributed by atoms with E-state index in [1.807, 2.05) is 73.9 Å². The number of amidine groups is 1. The Morgan fingerprint density at radius 1 is 1.17 bits per heavy atom. The second kappa shape index (κ2) is 8.75. The lowest BCUT2D eigenvalue weighted by Crippen LogP contribution is -2.32. The van der Waals surface area contributed by atoms with Crippen LogP contribution in [0.1, 0.15) is 35.5 Å². The SMILES string of the molecule is CCOc1ccc2c(c1)c(C)c(C(=O)NC1=NN=C(c3ccccc3)CS1)n2CC. The molecular weight excluding hydrogens is 396 g/mol. The van der Waals surface area contributed by atoms with Gasteiger partial charge in [0.15, 0.2) is 5.17 Å². The lowest BCUT2D eigenvalue weighted by atomic mass is 10.1. The van der Waals surface area contributed by atoms with Crippen LogP contribution in [0.15, 0.2) is 58.7 Å². The van der Waals surface area contributed by atoms with Crippen molar-refractivity contribution in [3.05, 3.63) is 65.4 Å². The fourth-order valence-electron chi connectivity index (χ4n) is 3.67. The Hall–Kier alpha value is -3.06. The fourth-order valence-corrected chi connectivity index (χ4v) is 4.43. The van der Waals surface area contributed by atoms with Gasteiger partial charge in [0.05, 0.1) is 12.3 Å². The molecule has 0 unspecified atom stereocenters. The molecule has 2 heterocycles. The maximum absolute atomic E-state index is 13.1. The summed E-state index contributed by atoms with van der Waals surface area (Å²) in [5.74, 6) is 1.30. The summed E-state index contributed by atoms with van der Waals surface area (Å²) in [6, 6.07) is 15.9. The zero-order valence-corrected chi connectivity index (χ0v) is 18.1. The van der Waals surface area contributed by atoms with Gasteiger partial charge in [0.2, 0.25) is 0 Å². The van der Waals surface area contributed by atoms with Crippen molar-refractivity contribution in [1.82, 2.24) is 9.88 Å². The molecule has 154 valence electrons. The van der Waals surface area contributed by atoms with Gasteiger partial charge in [0, 0.05) is 23.2 Å². The van der Waals surface area contributed by atoms with Gasteiger partial charge in [-0.05, 0) is 50.1 Å². The molecular formula is C23H24N4O2S. The summed E-state index contributed by atoms with van der Waals surface area (Å²) in [7, 11) is 0. The minimum Gasteiger partial charge on any atom is -0.494 e. The number of carbonyl (C=O) groups is 1. The molecule has 1 aliphatic rings. The predicted octanol–water partition coefficient (Wildman–Crippen LogP) is 4.61. The quantitative estimate of drug-likeness (QED) is 0.656. The summed E-state index contributed by atoms with van der Waals surface area (Å²) < 4.78 is 7.66. The van der Waals surface area contributed by atoms with Crippen LogP contribution in [0.4, 0.5) is 0 Å². The first kappa shape index (κ1) is 20.2. The van der Waals surface area contributed by atoms with Gasteiger partial charge in [-0.15, -0.1) is 5.10 Å². The molecule has 0 atom stereocenters. The van der Waals surface area contributed by atoms with Crippen LogP contribution in [0.3, 0.4) is 0 Å². The number of ether oxygens (including phenoxy) is 1. The van der Waals surface area contributed by atoms with Crippen molar-refractivity contribution in [1.29, 1.82) is 0 Å². The Bertz CT molecular complexity index is 1150. The van der Waals surface area contributed by atoms with Gasteiger partial charge in [0.25, 0.3) is 5.91 Å². The van der Waals surface area contributed by atoms with E-state index in [9.17, 15) is 4.79 Å². The molecule has 0 fully saturated rings. The maximum Gasteiger partial charge on any atom is 0.274 e. The number of fused-ring (bicyclic) bond motifs is 1. The molecule has 0 radical (unpaired) electrons. The molecule has 0 spiro atoms. The van der Waals surface area contributed by atoms with Crippen LogP contribution in [-0.4, -0.2) is 33.7 Å². The summed E-state index contributed by atoms with van der Waals surface area (Å²) in [6.45, 7) is 7.27. The third-order valence-electron chi connectivity index (χ3n) is 5.06. The smallest absolute Gasteiger partial charge is 0.274 e. The number of hydrogen-bond acceptors (Lipinski definition) is 5. The second-order valence-electron chi connectivity index (χ2n) is 6.89. The van der Waals surface area contributed by atoms with Crippen LogP contribution < -0.4 is 10.1 Å². The van der Waals surface area contributed by atoms with E-state index in [0.29, 0.717) is 29.8 Å². The molecule has 0 saturated carbocycles. The molecule has 0 bridgehead atoms. The van der Waals surface area contributed by atoms with Crippen molar-refractivity contribution in [3.8, 4) is 5.75 Å². The van der Waals surface area contributed by atoms with Gasteiger partial charge < -0.3 is 9.30 Å². The van der Waals surface area contributed by atoms with Gasteiger partial charge in [-0.25, -0.2) is 0 Å². The molecule has 1 N–H and O–H groups in total. The maximum atomic E-state index is 13.1. The molecule has 2 aromatic carbocycles. The first-order valence-corrected chi connectivity index (χ1v) is 11.0. The Balaban J connectivity index is 1.61. The van der Waals surface area contributed by atoms with Gasteiger partial charge in [-0.2, -0.15) is 5.10 Å². The van der Waals surface area contributed by atoms with E-state index in [2.05, 4.69) is 15.5 Å². The number of aromatic nitrogens is 1. The van der Waals surface area contributed by atoms with Crippen molar-refractivity contribution < 1.29 is 9.53 Å². The molecule has 1 amide bonds. The van der Waals surface area contributed by atoms with E-state index in [-0.39, 0.29) is 5.91 Å². The number of thioether (sulfide) groups is 1. The number of aryl methyl sites for hydroxylation is 2. The fraction of sp³-hybridized carbons (Fsp3) is 0.261. The first-order chi connectivity index (χ1) is 14.6. The van der Waals surface area contributed by atoms with E-state index in [0.717, 1.165) is 33.5 Å². The van der Waals surface area contributed by atoms with Crippen LogP contribution in [0, 0.1) is 6.92 Å². The van der Waals surface area contributed by atoms with Gasteiger partial charge in [-0.1, -0.05) is 42.1 Å². The predicted molar refractivity (Wildman–Crippen MR) is 124 cm³/mol. The Labute approximate surface area is 180 Å². The highest BCUT2D eigenvalue weighted by Gasteiger charge is 2.22. The average Bonchev–Trinajstić information content (AvgIpc) is 3.06. The van der Waals surface area contributed by atoms with Gasteiger partial charge >= 0.3 is 0 Å². The van der Waals surface area contributed by atoms with Crippen molar-refractivity contribution >= 4 is 39.5 Å². The highest BCUT2D eigenvalue weighted by Crippen LogP contribution is 2.29. The standard InChI is InChI=1S/C23H24N4O2S/c1-4-27-20-12-11-17(29-5-2)13-18(20)15(3)21(27)22(28)24-23-26-25-19(14-30-23)16-9-7-6-8-10-16/h6-13H,4-5,14H2,1-3H3,(H,24,26,28). The Kier molecular flexibility index (Phi) is 5.90. The zero-order chi connectivity index (χ0) is 21.1. The normalized spacial score (nSPS) is 13.7. The van der Waals surface area contributed by atoms with Crippen LogP contribution in [0.25, 0.3) is 10.9 Å². The van der Waals surface area contributed by atoms with Crippen molar-refractivity contribution in [3.63, 3.8) is 0 Å². The summed E-state index contributed by atoms with van der Waals surface area (Å²) in [5.41, 5.74) is 4.54. The monoisotopic (exact) mass is 420 g/mol. The molecule has 7 heteroatoms. The van der Waals surface area contributed by atoms with E-state index in [1.54, 1.807) is 0 Å². The van der Waals surface area contributed by atoms with Crippen molar-refractivity contribution in [2.24, 2.45) is 10.2 Å². The summed E-state index contributed by atoms with van der Waals surface area (Å²) in [5, 5.41) is 13.0. The third kappa shape index (κ3) is 3.85. The zero-order valence-electron chi connectivity index (χ0n) is 17.3. The van der Waals surface area contributed by atoms with E-state index in [4.69, 9.17) is 4.74 Å². The minimum atomic E-state index is -0.173. The van der Waals surface area contributed by atoms with Crippen LogP contribution >= 0.6 is 11.8 Å². The molecule has 1 aliphatic heterocycles. The summed E-state index contributed by atoms with van der Waals surface area (Å²) in [4.78, 5) is 13.1. The van der Waals surface area contributed by atoms with Crippen molar-refractivity contribution in [2.75, 3.05) is 12.4 Å². The topological polar surface area (TPSA) is 68.0 Å². The molecule has 3 aromatic rings. The van der Waals surface area contributed by atoms with E-state index in [1.165, 1.54) is 11.8 Å². The Morgan fingerprint density at radius 2 is 1.97 bits per heavy atom. The van der Waals surface area contributed by atoms with Crippen LogP contribution in [-0.2, 0) is 6.54 Å². The lowest BCUT2D eigenvalue weighted by molar-refractivity contribution is 0.0968. The summed E-state index contributed by atoms with van der Waals surface area (Å²) >= 11 is 1.48. The minimum absolute atomic E-state index is 0.173. The molecule has 30 heavy (non-hydrogen) atoms. The number of hydrogen-bond donors (Lipinski definition) is 1. The lowest BCUT2D eigenvalue weighted by Gasteiger charge is -2.14. The Morgan fingerprint density at radius 3 is 2.63 bits per heavy atom. The molecule has 4 rings (SSSR count). The van der Waals surface area contributed by atoms with Crippen LogP contribution in [0.5, 0.6) is 5.75 Å². The van der Waals surface area contributed by atoms with Gasteiger partial charge in [0.1, 0.15) is 11.4 Å². The average molecular weight is 421 g/mol. The molecule has 0 aliphatic carbocycles. The van der Waals surface area contributed by atoms with E-state index < -0.39 is 0 Å². The number of nitrogens with zero attached hydrogens (tertiary/aromatic N) is 3. The largest absolute Gasteiger partial charge is 0.494 e. The van der Waals surface area contributed by atoms with Gasteiger partial charge in [-0.3, -0.25) is 10.1 Å². The number of rotatable bonds is 5. The number of carbonyl (C=O) groups excluding carboxylic acids is 1. The first-order valence-electron chi connectivity index (χ1n) is 10.0. The third-order valence-corrected chi connectivity index (χ3v) is 5.94. The van der Waals surface area contributed by atoms with Crippen LogP contribution in [0.2, 0.25) is 0 Å². The molecule has 6 nitrogen and oxygen atoms in total. The summed E-state index contributed by atoms with van der Waals surface area (Å²) in [6.07, 6.45) is 0. The molecule has 1 aromatic heterocycles. The number of benzene rings is 2. The highest BCUT2D eigenvalue weighted by molar-refractivity contribution is 8.14. The highest BCUT2D eigenvalue weighted by atomic mass is 32.2. The van der Waals surface area contributed by atoms with E-state index >= 15 is 0 Å². The number of nitrogens with one attached hydrogen (secondary N) is 1. The second-order valence-corrected chi connectivity index (χ2v) is 7.85. The van der Waals surface area contributed by atoms with Crippen molar-refractivity contribution in [2.45, 2.75) is 27.3 Å². The molecule has 0 saturated heterocycles.